The van der Waals surface area contributed by atoms with Crippen molar-refractivity contribution in [2.45, 2.75) is 38.8 Å². The van der Waals surface area contributed by atoms with Gasteiger partial charge in [0.2, 0.25) is 14.9 Å². The second-order valence-electron chi connectivity index (χ2n) is 8.97. The zero-order valence-corrected chi connectivity index (χ0v) is 25.7. The van der Waals surface area contributed by atoms with E-state index in [9.17, 15) is 18.8 Å². The van der Waals surface area contributed by atoms with Gasteiger partial charge in [-0.05, 0) is 68.7 Å². The number of allylic oxidation sites excluding steroid dienone is 1. The van der Waals surface area contributed by atoms with Crippen LogP contribution in [-0.2, 0) is 19.1 Å². The van der Waals surface area contributed by atoms with Gasteiger partial charge in [-0.25, -0.2) is 14.1 Å². The van der Waals surface area contributed by atoms with E-state index >= 15 is 0 Å². The highest BCUT2D eigenvalue weighted by atomic mass is 35.5. The van der Waals surface area contributed by atoms with Gasteiger partial charge in [0.05, 0.1) is 12.8 Å². The molecule has 6 N–H and O–H groups in total. The smallest absolute Gasteiger partial charge is 0.322 e. The van der Waals surface area contributed by atoms with Crippen LogP contribution < -0.4 is 26.0 Å². The van der Waals surface area contributed by atoms with Crippen molar-refractivity contribution in [2.75, 3.05) is 20.2 Å². The first-order chi connectivity index (χ1) is 20.0. The minimum absolute atomic E-state index is 0.0860. The van der Waals surface area contributed by atoms with Crippen molar-refractivity contribution in [1.82, 2.24) is 20.4 Å². The molecule has 15 heteroatoms. The summed E-state index contributed by atoms with van der Waals surface area (Å²) >= 11 is 11.5. The number of hydrogen-bond donors (Lipinski definition) is 5. The maximum atomic E-state index is 13.2. The maximum Gasteiger partial charge on any atom is 0.322 e. The summed E-state index contributed by atoms with van der Waals surface area (Å²) in [5.41, 5.74) is 6.34. The van der Waals surface area contributed by atoms with Crippen molar-refractivity contribution >= 4 is 56.2 Å². The molecule has 3 rings (SSSR count). The van der Waals surface area contributed by atoms with Crippen LogP contribution in [0.3, 0.4) is 0 Å². The first kappa shape index (κ1) is 34.9. The molecule has 11 nitrogen and oxygen atoms in total. The fourth-order valence-electron chi connectivity index (χ4n) is 3.58. The molecular formula is C27H34Cl2FN6O5P. The van der Waals surface area contributed by atoms with Gasteiger partial charge in [-0.15, -0.1) is 0 Å². The number of nitrogens with zero attached hydrogens (tertiary/aromatic N) is 1. The van der Waals surface area contributed by atoms with E-state index in [2.05, 4.69) is 15.7 Å². The second-order valence-corrected chi connectivity index (χ2v) is 11.3. The summed E-state index contributed by atoms with van der Waals surface area (Å²) in [5.74, 6) is -0.964. The fraction of sp³-hybridized carbons (Fsp3) is 0.333. The monoisotopic (exact) mass is 642 g/mol. The third kappa shape index (κ3) is 10.8. The maximum absolute atomic E-state index is 13.2. The summed E-state index contributed by atoms with van der Waals surface area (Å²) in [7, 11) is -0.179. The SMILES string of the molecule is COC(=O)C(C)NP(Oc1ccc(F)cc1)N1CCC(NC(=O)/C(N)=C(/C=N)NC=O)CC1.Cc1c(Cl)cccc1Cl. The van der Waals surface area contributed by atoms with E-state index in [0.717, 1.165) is 21.8 Å². The van der Waals surface area contributed by atoms with E-state index in [1.165, 1.54) is 31.4 Å². The van der Waals surface area contributed by atoms with Crippen LogP contribution in [-0.4, -0.2) is 61.5 Å². The summed E-state index contributed by atoms with van der Waals surface area (Å²) in [4.78, 5) is 34.8. The standard InChI is InChI=1S/C20H28FN6O5P.C7H6Cl2/c1-13(20(30)31-2)26-33(32-16-5-3-14(21)4-6-16)27-9-7-15(8-10-27)25-19(29)18(23)17(11-22)24-12-28;1-5-6(8)3-2-4-7(5)9/h3-6,11-13,15,22,26H,7-10,23H2,1-2H3,(H,24,28)(H,25,29);2-4H,1H3/b18-17+,22-11?;. The Morgan fingerprint density at radius 2 is 1.76 bits per heavy atom. The van der Waals surface area contributed by atoms with Gasteiger partial charge in [-0.3, -0.25) is 14.4 Å². The number of benzene rings is 2. The molecule has 42 heavy (non-hydrogen) atoms. The average molecular weight is 643 g/mol. The Bertz CT molecular complexity index is 1240. The molecule has 1 heterocycles. The number of amides is 2. The molecule has 0 radical (unpaired) electrons. The Morgan fingerprint density at radius 1 is 1.17 bits per heavy atom. The molecule has 1 saturated heterocycles. The number of piperidine rings is 1. The van der Waals surface area contributed by atoms with Gasteiger partial charge in [-0.2, -0.15) is 0 Å². The number of hydrogen-bond acceptors (Lipinski definition) is 9. The van der Waals surface area contributed by atoms with E-state index in [4.69, 9.17) is 43.6 Å². The Balaban J connectivity index is 0.000000581. The lowest BCUT2D eigenvalue weighted by molar-refractivity contribution is -0.142. The van der Waals surface area contributed by atoms with Gasteiger partial charge >= 0.3 is 5.97 Å². The summed E-state index contributed by atoms with van der Waals surface area (Å²) in [5, 5.41) is 16.8. The highest BCUT2D eigenvalue weighted by molar-refractivity contribution is 7.48. The van der Waals surface area contributed by atoms with Gasteiger partial charge in [-0.1, -0.05) is 29.3 Å². The second kappa shape index (κ2) is 17.6. The molecule has 2 amide bonds. The highest BCUT2D eigenvalue weighted by Crippen LogP contribution is 2.41. The van der Waals surface area contributed by atoms with Crippen LogP contribution in [0.1, 0.15) is 25.3 Å². The number of nitrogens with one attached hydrogen (secondary N) is 4. The minimum Gasteiger partial charge on any atom is -0.468 e. The zero-order chi connectivity index (χ0) is 31.2. The van der Waals surface area contributed by atoms with Gasteiger partial charge in [0, 0.05) is 35.4 Å². The van der Waals surface area contributed by atoms with E-state index in [1.807, 2.05) is 29.8 Å². The molecule has 1 aliphatic rings. The summed E-state index contributed by atoms with van der Waals surface area (Å²) < 4.78 is 26.1. The topological polar surface area (TPSA) is 159 Å². The van der Waals surface area contributed by atoms with Crippen molar-refractivity contribution < 1.29 is 28.0 Å². The van der Waals surface area contributed by atoms with Gasteiger partial charge < -0.3 is 31.0 Å². The fourth-order valence-corrected chi connectivity index (χ4v) is 5.66. The van der Waals surface area contributed by atoms with Crippen molar-refractivity contribution in [1.29, 1.82) is 5.41 Å². The molecule has 2 atom stereocenters. The number of rotatable bonds is 11. The Hall–Kier alpha value is -3.28. The normalized spacial score (nSPS) is 15.6. The van der Waals surface area contributed by atoms with Crippen molar-refractivity contribution in [2.24, 2.45) is 5.73 Å². The summed E-state index contributed by atoms with van der Waals surface area (Å²) in [6.45, 7) is 4.62. The number of ether oxygens (including phenoxy) is 1. The molecule has 228 valence electrons. The molecule has 0 aromatic heterocycles. The van der Waals surface area contributed by atoms with E-state index in [0.29, 0.717) is 38.1 Å². The van der Waals surface area contributed by atoms with Crippen LogP contribution in [0.25, 0.3) is 0 Å². The lowest BCUT2D eigenvalue weighted by Gasteiger charge is -2.37. The van der Waals surface area contributed by atoms with E-state index in [-0.39, 0.29) is 23.3 Å². The molecule has 2 aromatic rings. The van der Waals surface area contributed by atoms with Crippen LogP contribution in [0.2, 0.25) is 10.0 Å². The van der Waals surface area contributed by atoms with Crippen molar-refractivity contribution in [3.8, 4) is 5.75 Å². The molecule has 1 fully saturated rings. The van der Waals surface area contributed by atoms with Crippen LogP contribution in [0.15, 0.2) is 53.9 Å². The minimum atomic E-state index is -1.48. The number of esters is 1. The quantitative estimate of drug-likeness (QED) is 0.0808. The number of carbonyl (C=O) groups excluding carboxylic acids is 3. The zero-order valence-electron chi connectivity index (χ0n) is 23.3. The lowest BCUT2D eigenvalue weighted by Crippen LogP contribution is -2.47. The van der Waals surface area contributed by atoms with Crippen LogP contribution in [0, 0.1) is 18.2 Å². The predicted octanol–water partition coefficient (Wildman–Crippen LogP) is 4.03. The Kier molecular flexibility index (Phi) is 14.7. The van der Waals surface area contributed by atoms with Crippen molar-refractivity contribution in [3.05, 3.63) is 75.3 Å². The first-order valence-electron chi connectivity index (χ1n) is 12.7. The number of nitrogens with two attached hydrogens (primary N) is 1. The summed E-state index contributed by atoms with van der Waals surface area (Å²) in [6.07, 6.45) is 2.27. The van der Waals surface area contributed by atoms with Crippen LogP contribution in [0.4, 0.5) is 4.39 Å². The third-order valence-electron chi connectivity index (χ3n) is 6.02. The first-order valence-corrected chi connectivity index (χ1v) is 14.7. The van der Waals surface area contributed by atoms with Gasteiger partial charge in [0.25, 0.3) is 5.91 Å². The molecule has 2 unspecified atom stereocenters. The molecule has 0 spiro atoms. The van der Waals surface area contributed by atoms with Gasteiger partial charge in [0.15, 0.2) is 0 Å². The van der Waals surface area contributed by atoms with Crippen LogP contribution >= 0.6 is 31.7 Å². The van der Waals surface area contributed by atoms with Crippen molar-refractivity contribution in [3.63, 3.8) is 0 Å². The highest BCUT2D eigenvalue weighted by Gasteiger charge is 2.31. The summed E-state index contributed by atoms with van der Waals surface area (Å²) in [6, 6.07) is 10.2. The number of halogens is 3. The number of methoxy groups -OCH3 is 1. The van der Waals surface area contributed by atoms with E-state index in [1.54, 1.807) is 6.92 Å². The molecule has 1 aliphatic heterocycles. The number of carbonyl (C=O) groups is 3. The lowest BCUT2D eigenvalue weighted by atomic mass is 10.1. The molecule has 0 saturated carbocycles. The predicted molar refractivity (Wildman–Crippen MR) is 162 cm³/mol. The van der Waals surface area contributed by atoms with Gasteiger partial charge in [0.1, 0.15) is 23.3 Å². The molecular weight excluding hydrogens is 609 g/mol. The third-order valence-corrected chi connectivity index (χ3v) is 8.75. The Labute approximate surface area is 255 Å². The van der Waals surface area contributed by atoms with Crippen LogP contribution in [0.5, 0.6) is 5.75 Å². The largest absolute Gasteiger partial charge is 0.468 e. The average Bonchev–Trinajstić information content (AvgIpc) is 2.99. The molecule has 0 aliphatic carbocycles. The molecule has 0 bridgehead atoms. The Morgan fingerprint density at radius 3 is 2.26 bits per heavy atom. The molecule has 2 aromatic carbocycles. The van der Waals surface area contributed by atoms with E-state index < -0.39 is 26.4 Å².